The average molecular weight is 298 g/mol. The van der Waals surface area contributed by atoms with Crippen LogP contribution in [0.5, 0.6) is 5.75 Å². The molecule has 1 aromatic rings. The highest BCUT2D eigenvalue weighted by molar-refractivity contribution is 9.10. The summed E-state index contributed by atoms with van der Waals surface area (Å²) >= 11 is 3.35. The lowest BCUT2D eigenvalue weighted by Gasteiger charge is -2.54. The Labute approximate surface area is 108 Å². The number of para-hydroxylation sites is 1. The number of rotatable bonds is 1. The first kappa shape index (κ1) is 11.0. The maximum absolute atomic E-state index is 11.8. The van der Waals surface area contributed by atoms with Crippen molar-refractivity contribution in [1.82, 2.24) is 4.90 Å². The summed E-state index contributed by atoms with van der Waals surface area (Å²) in [7, 11) is 0. The highest BCUT2D eigenvalue weighted by Crippen LogP contribution is 2.38. The van der Waals surface area contributed by atoms with Gasteiger partial charge in [0.05, 0.1) is 23.1 Å². The summed E-state index contributed by atoms with van der Waals surface area (Å²) < 4.78 is 11.3. The second-order valence-electron chi connectivity index (χ2n) is 4.65. The molecule has 2 saturated heterocycles. The van der Waals surface area contributed by atoms with E-state index in [1.54, 1.807) is 11.0 Å². The predicted octanol–water partition coefficient (Wildman–Crippen LogP) is 2.28. The molecule has 2 aliphatic heterocycles. The number of hydrogen-bond acceptors (Lipinski definition) is 3. The lowest BCUT2D eigenvalue weighted by molar-refractivity contribution is -0.178. The van der Waals surface area contributed by atoms with Gasteiger partial charge in [0.25, 0.3) is 0 Å². The molecule has 0 unspecified atom stereocenters. The molecule has 90 valence electrons. The Bertz CT molecular complexity index is 451. The van der Waals surface area contributed by atoms with Crippen molar-refractivity contribution in [3.63, 3.8) is 0 Å². The maximum atomic E-state index is 11.8. The minimum absolute atomic E-state index is 0.229. The van der Waals surface area contributed by atoms with E-state index in [4.69, 9.17) is 9.47 Å². The van der Waals surface area contributed by atoms with Crippen LogP contribution in [0.2, 0.25) is 0 Å². The summed E-state index contributed by atoms with van der Waals surface area (Å²) in [5.74, 6) is 0.559. The number of nitrogens with zero attached hydrogens (tertiary/aromatic N) is 1. The Kier molecular flexibility index (Phi) is 2.60. The third-order valence-corrected chi connectivity index (χ3v) is 3.82. The van der Waals surface area contributed by atoms with Gasteiger partial charge in [0, 0.05) is 13.1 Å². The predicted molar refractivity (Wildman–Crippen MR) is 65.0 cm³/mol. The largest absolute Gasteiger partial charge is 0.415 e. The minimum atomic E-state index is -0.283. The van der Waals surface area contributed by atoms with E-state index in [9.17, 15) is 4.79 Å². The fraction of sp³-hybridized carbons (Fsp3) is 0.417. The third kappa shape index (κ3) is 1.93. The molecule has 3 rings (SSSR count). The molecule has 0 aromatic heterocycles. The molecule has 1 aromatic carbocycles. The molecular formula is C12H12BrNO3. The second kappa shape index (κ2) is 3.99. The average Bonchev–Trinajstić information content (AvgIpc) is 2.17. The molecule has 5 heteroatoms. The fourth-order valence-electron chi connectivity index (χ4n) is 2.15. The number of carbonyl (C=O) groups is 1. The summed E-state index contributed by atoms with van der Waals surface area (Å²) in [6.45, 7) is 3.03. The van der Waals surface area contributed by atoms with Gasteiger partial charge < -0.3 is 14.4 Å². The van der Waals surface area contributed by atoms with Crippen molar-refractivity contribution in [1.29, 1.82) is 0 Å². The molecule has 2 fully saturated rings. The Balaban J connectivity index is 1.59. The van der Waals surface area contributed by atoms with Gasteiger partial charge in [0.1, 0.15) is 5.75 Å². The molecule has 2 heterocycles. The van der Waals surface area contributed by atoms with Crippen LogP contribution in [0, 0.1) is 5.41 Å². The van der Waals surface area contributed by atoms with Crippen LogP contribution in [-0.4, -0.2) is 37.3 Å². The van der Waals surface area contributed by atoms with Crippen LogP contribution in [-0.2, 0) is 4.74 Å². The molecule has 1 amide bonds. The zero-order valence-electron chi connectivity index (χ0n) is 9.19. The quantitative estimate of drug-likeness (QED) is 0.798. The van der Waals surface area contributed by atoms with Gasteiger partial charge in [-0.15, -0.1) is 0 Å². The number of carbonyl (C=O) groups excluding carboxylic acids is 1. The third-order valence-electron chi connectivity index (χ3n) is 3.16. The van der Waals surface area contributed by atoms with Crippen molar-refractivity contribution in [2.75, 3.05) is 26.3 Å². The first-order chi connectivity index (χ1) is 8.19. The standard InChI is InChI=1S/C12H12BrNO3/c13-9-3-1-2-4-10(9)17-11(15)14-5-12(6-14)7-16-8-12/h1-4H,5-8H2. The minimum Gasteiger partial charge on any atom is -0.409 e. The van der Waals surface area contributed by atoms with Crippen molar-refractivity contribution in [2.24, 2.45) is 5.41 Å². The van der Waals surface area contributed by atoms with Crippen molar-refractivity contribution in [3.8, 4) is 5.75 Å². The molecule has 0 radical (unpaired) electrons. The summed E-state index contributed by atoms with van der Waals surface area (Å²) in [6, 6.07) is 7.33. The van der Waals surface area contributed by atoms with Crippen LogP contribution >= 0.6 is 15.9 Å². The zero-order valence-corrected chi connectivity index (χ0v) is 10.8. The van der Waals surface area contributed by atoms with E-state index in [0.717, 1.165) is 30.8 Å². The monoisotopic (exact) mass is 297 g/mol. The number of benzene rings is 1. The Morgan fingerprint density at radius 2 is 2.06 bits per heavy atom. The van der Waals surface area contributed by atoms with Gasteiger partial charge >= 0.3 is 6.09 Å². The van der Waals surface area contributed by atoms with E-state index in [0.29, 0.717) is 5.75 Å². The van der Waals surface area contributed by atoms with E-state index in [2.05, 4.69) is 15.9 Å². The number of likely N-dealkylation sites (tertiary alicyclic amines) is 1. The van der Waals surface area contributed by atoms with Gasteiger partial charge in [-0.25, -0.2) is 4.79 Å². The van der Waals surface area contributed by atoms with Gasteiger partial charge in [-0.3, -0.25) is 0 Å². The van der Waals surface area contributed by atoms with Crippen molar-refractivity contribution in [3.05, 3.63) is 28.7 Å². The smallest absolute Gasteiger partial charge is 0.409 e. The van der Waals surface area contributed by atoms with E-state index in [1.807, 2.05) is 18.2 Å². The Morgan fingerprint density at radius 3 is 2.65 bits per heavy atom. The van der Waals surface area contributed by atoms with Crippen molar-refractivity contribution < 1.29 is 14.3 Å². The molecule has 0 saturated carbocycles. The summed E-state index contributed by atoms with van der Waals surface area (Å²) in [6.07, 6.45) is -0.283. The van der Waals surface area contributed by atoms with Crippen LogP contribution in [0.15, 0.2) is 28.7 Å². The normalized spacial score (nSPS) is 20.6. The Hall–Kier alpha value is -1.07. The van der Waals surface area contributed by atoms with Gasteiger partial charge in [0.2, 0.25) is 0 Å². The molecule has 1 spiro atoms. The van der Waals surface area contributed by atoms with Crippen molar-refractivity contribution >= 4 is 22.0 Å². The molecule has 0 aliphatic carbocycles. The second-order valence-corrected chi connectivity index (χ2v) is 5.50. The SMILES string of the molecule is O=C(Oc1ccccc1Br)N1CC2(COC2)C1. The number of amides is 1. The maximum Gasteiger partial charge on any atom is 0.415 e. The number of ether oxygens (including phenoxy) is 2. The molecule has 0 N–H and O–H groups in total. The van der Waals surface area contributed by atoms with Gasteiger partial charge in [-0.1, -0.05) is 12.1 Å². The van der Waals surface area contributed by atoms with Gasteiger partial charge in [-0.05, 0) is 28.1 Å². The van der Waals surface area contributed by atoms with E-state index < -0.39 is 0 Å². The zero-order chi connectivity index (χ0) is 11.9. The highest BCUT2D eigenvalue weighted by atomic mass is 79.9. The Morgan fingerprint density at radius 1 is 1.35 bits per heavy atom. The topological polar surface area (TPSA) is 38.8 Å². The van der Waals surface area contributed by atoms with Crippen LogP contribution in [0.4, 0.5) is 4.79 Å². The first-order valence-corrected chi connectivity index (χ1v) is 6.27. The summed E-state index contributed by atoms with van der Waals surface area (Å²) in [5.41, 5.74) is 0.229. The van der Waals surface area contributed by atoms with E-state index in [-0.39, 0.29) is 11.5 Å². The van der Waals surface area contributed by atoms with Crippen LogP contribution in [0.3, 0.4) is 0 Å². The van der Waals surface area contributed by atoms with Crippen LogP contribution < -0.4 is 4.74 Å². The van der Waals surface area contributed by atoms with E-state index in [1.165, 1.54) is 0 Å². The molecular weight excluding hydrogens is 286 g/mol. The van der Waals surface area contributed by atoms with E-state index >= 15 is 0 Å². The summed E-state index contributed by atoms with van der Waals surface area (Å²) in [4.78, 5) is 13.5. The molecule has 17 heavy (non-hydrogen) atoms. The first-order valence-electron chi connectivity index (χ1n) is 5.48. The van der Waals surface area contributed by atoms with Crippen LogP contribution in [0.1, 0.15) is 0 Å². The van der Waals surface area contributed by atoms with Crippen molar-refractivity contribution in [2.45, 2.75) is 0 Å². The highest BCUT2D eigenvalue weighted by Gasteiger charge is 2.51. The molecule has 0 bridgehead atoms. The lowest BCUT2D eigenvalue weighted by Crippen LogP contribution is -2.67. The van der Waals surface area contributed by atoms with Gasteiger partial charge in [-0.2, -0.15) is 0 Å². The molecule has 4 nitrogen and oxygen atoms in total. The molecule has 2 aliphatic rings. The number of hydrogen-bond donors (Lipinski definition) is 0. The number of halogens is 1. The van der Waals surface area contributed by atoms with Gasteiger partial charge in [0.15, 0.2) is 0 Å². The molecule has 0 atom stereocenters. The summed E-state index contributed by atoms with van der Waals surface area (Å²) in [5, 5.41) is 0. The van der Waals surface area contributed by atoms with Crippen LogP contribution in [0.25, 0.3) is 0 Å². The fourth-order valence-corrected chi connectivity index (χ4v) is 2.52. The lowest BCUT2D eigenvalue weighted by atomic mass is 9.78.